The number of hydrogen-bond acceptors (Lipinski definition) is 4. The zero-order valence-electron chi connectivity index (χ0n) is 17.2. The van der Waals surface area contributed by atoms with Crippen molar-refractivity contribution in [2.24, 2.45) is 5.41 Å². The molecule has 4 heteroatoms. The van der Waals surface area contributed by atoms with Crippen molar-refractivity contribution in [2.45, 2.75) is 72.3 Å². The van der Waals surface area contributed by atoms with E-state index in [0.717, 1.165) is 44.1 Å². The number of carbonyl (C=O) groups excluding carboxylic acids is 2. The zero-order valence-corrected chi connectivity index (χ0v) is 17.2. The van der Waals surface area contributed by atoms with Crippen molar-refractivity contribution in [3.05, 3.63) is 46.0 Å². The summed E-state index contributed by atoms with van der Waals surface area (Å²) >= 11 is 0. The molecular formula is C24H28O4. The van der Waals surface area contributed by atoms with Gasteiger partial charge in [0.25, 0.3) is 0 Å². The van der Waals surface area contributed by atoms with E-state index < -0.39 is 0 Å². The van der Waals surface area contributed by atoms with Gasteiger partial charge in [0.2, 0.25) is 0 Å². The van der Waals surface area contributed by atoms with Gasteiger partial charge in [-0.2, -0.15) is 0 Å². The summed E-state index contributed by atoms with van der Waals surface area (Å²) in [5, 5.41) is 0. The maximum atomic E-state index is 11.6. The highest BCUT2D eigenvalue weighted by Crippen LogP contribution is 2.58. The van der Waals surface area contributed by atoms with Gasteiger partial charge in [-0.05, 0) is 78.5 Å². The Morgan fingerprint density at radius 3 is 2.57 bits per heavy atom. The van der Waals surface area contributed by atoms with Crippen LogP contribution in [0.15, 0.2) is 29.4 Å². The molecule has 148 valence electrons. The molecule has 0 bridgehead atoms. The molecule has 0 aliphatic heterocycles. The number of rotatable bonds is 3. The van der Waals surface area contributed by atoms with Crippen molar-refractivity contribution in [3.8, 4) is 5.75 Å². The number of esters is 2. The van der Waals surface area contributed by atoms with Crippen LogP contribution in [0.2, 0.25) is 0 Å². The summed E-state index contributed by atoms with van der Waals surface area (Å²) in [5.41, 5.74) is 7.94. The molecule has 4 rings (SSSR count). The molecule has 0 radical (unpaired) electrons. The molecule has 0 unspecified atom stereocenters. The molecule has 1 aromatic carbocycles. The van der Waals surface area contributed by atoms with Crippen LogP contribution in [-0.4, -0.2) is 18.0 Å². The maximum absolute atomic E-state index is 11.6. The Balaban J connectivity index is 1.75. The molecule has 0 heterocycles. The minimum atomic E-state index is -0.281. The standard InChI is InChI=1S/C24H28O4/c1-5-24-13-12-19-18-8-10-22(27-15(3)25)14(2)17(18)6-7-20(19)21(24)9-11-23(24)28-16(4)26/h8-10,23H,5-7,11-13H2,1-4H3/t23-,24-/m1/s1. The second-order valence-electron chi connectivity index (χ2n) is 8.23. The fraction of sp³-hybridized carbons (Fsp3) is 0.500. The third-order valence-corrected chi connectivity index (χ3v) is 6.89. The van der Waals surface area contributed by atoms with Crippen molar-refractivity contribution in [3.63, 3.8) is 0 Å². The molecular weight excluding hydrogens is 352 g/mol. The lowest BCUT2D eigenvalue weighted by Gasteiger charge is -2.43. The van der Waals surface area contributed by atoms with Crippen LogP contribution in [0, 0.1) is 12.3 Å². The summed E-state index contributed by atoms with van der Waals surface area (Å²) in [6, 6.07) is 4.05. The second-order valence-corrected chi connectivity index (χ2v) is 8.23. The highest BCUT2D eigenvalue weighted by Gasteiger charge is 2.50. The molecule has 1 aromatic rings. The third-order valence-electron chi connectivity index (χ3n) is 6.89. The molecule has 0 saturated carbocycles. The zero-order chi connectivity index (χ0) is 20.1. The Morgan fingerprint density at radius 1 is 1.11 bits per heavy atom. The molecule has 0 aromatic heterocycles. The van der Waals surface area contributed by atoms with E-state index in [0.29, 0.717) is 5.75 Å². The van der Waals surface area contributed by atoms with Crippen LogP contribution < -0.4 is 4.74 Å². The largest absolute Gasteiger partial charge is 0.461 e. The fourth-order valence-electron chi connectivity index (χ4n) is 5.60. The summed E-state index contributed by atoms with van der Waals surface area (Å²) < 4.78 is 11.1. The van der Waals surface area contributed by atoms with E-state index in [4.69, 9.17) is 9.47 Å². The van der Waals surface area contributed by atoms with E-state index in [1.165, 1.54) is 41.7 Å². The minimum Gasteiger partial charge on any atom is -0.461 e. The first-order valence-corrected chi connectivity index (χ1v) is 10.3. The van der Waals surface area contributed by atoms with Crippen LogP contribution >= 0.6 is 0 Å². The molecule has 2 atom stereocenters. The first-order valence-electron chi connectivity index (χ1n) is 10.3. The van der Waals surface area contributed by atoms with Crippen LogP contribution in [0.3, 0.4) is 0 Å². The van der Waals surface area contributed by atoms with Crippen LogP contribution in [0.1, 0.15) is 69.6 Å². The van der Waals surface area contributed by atoms with Crippen LogP contribution in [0.25, 0.3) is 5.57 Å². The van der Waals surface area contributed by atoms with E-state index >= 15 is 0 Å². The van der Waals surface area contributed by atoms with E-state index in [2.05, 4.69) is 19.1 Å². The number of fused-ring (bicyclic) bond motifs is 4. The molecule has 0 saturated heterocycles. The van der Waals surface area contributed by atoms with E-state index in [1.54, 1.807) is 0 Å². The minimum absolute atomic E-state index is 0.0330. The Kier molecular flexibility index (Phi) is 4.68. The van der Waals surface area contributed by atoms with Crippen LogP contribution in [-0.2, 0) is 20.7 Å². The van der Waals surface area contributed by atoms with E-state index in [1.807, 2.05) is 13.0 Å². The average molecular weight is 380 g/mol. The second kappa shape index (κ2) is 6.91. The third kappa shape index (κ3) is 2.81. The monoisotopic (exact) mass is 380 g/mol. The van der Waals surface area contributed by atoms with Gasteiger partial charge < -0.3 is 9.47 Å². The van der Waals surface area contributed by atoms with Crippen molar-refractivity contribution in [1.82, 2.24) is 0 Å². The van der Waals surface area contributed by atoms with E-state index in [9.17, 15) is 9.59 Å². The van der Waals surface area contributed by atoms with Crippen molar-refractivity contribution < 1.29 is 19.1 Å². The van der Waals surface area contributed by atoms with Gasteiger partial charge in [-0.15, -0.1) is 0 Å². The van der Waals surface area contributed by atoms with Gasteiger partial charge in [-0.3, -0.25) is 9.59 Å². The van der Waals surface area contributed by atoms with Gasteiger partial charge in [-0.1, -0.05) is 19.1 Å². The number of hydrogen-bond donors (Lipinski definition) is 0. The van der Waals surface area contributed by atoms with Gasteiger partial charge in [0, 0.05) is 25.7 Å². The lowest BCUT2D eigenvalue weighted by atomic mass is 9.62. The van der Waals surface area contributed by atoms with Crippen LogP contribution in [0.5, 0.6) is 5.75 Å². The summed E-state index contributed by atoms with van der Waals surface area (Å²) in [5.74, 6) is 0.204. The number of benzene rings is 1. The first kappa shape index (κ1) is 19.0. The lowest BCUT2D eigenvalue weighted by Crippen LogP contribution is -2.38. The number of ether oxygens (including phenoxy) is 2. The van der Waals surface area contributed by atoms with Gasteiger partial charge in [0.1, 0.15) is 11.9 Å². The molecule has 28 heavy (non-hydrogen) atoms. The highest BCUT2D eigenvalue weighted by molar-refractivity contribution is 5.81. The normalized spacial score (nSPS) is 25.4. The van der Waals surface area contributed by atoms with E-state index in [-0.39, 0.29) is 23.5 Å². The summed E-state index contributed by atoms with van der Waals surface area (Å²) in [4.78, 5) is 23.0. The molecule has 3 aliphatic rings. The van der Waals surface area contributed by atoms with Gasteiger partial charge >= 0.3 is 11.9 Å². The maximum Gasteiger partial charge on any atom is 0.308 e. The topological polar surface area (TPSA) is 52.6 Å². The van der Waals surface area contributed by atoms with Crippen molar-refractivity contribution in [1.29, 1.82) is 0 Å². The summed E-state index contributed by atoms with van der Waals surface area (Å²) in [6.07, 6.45) is 8.04. The highest BCUT2D eigenvalue weighted by atomic mass is 16.5. The number of carbonyl (C=O) groups is 2. The quantitative estimate of drug-likeness (QED) is 0.542. The smallest absolute Gasteiger partial charge is 0.308 e. The Morgan fingerprint density at radius 2 is 1.89 bits per heavy atom. The first-order chi connectivity index (χ1) is 13.4. The summed E-state index contributed by atoms with van der Waals surface area (Å²) in [7, 11) is 0. The molecule has 0 amide bonds. The fourth-order valence-corrected chi connectivity index (χ4v) is 5.60. The number of allylic oxidation sites excluding steroid dienone is 2. The predicted octanol–water partition coefficient (Wildman–Crippen LogP) is 5.07. The molecule has 0 N–H and O–H groups in total. The molecule has 0 fully saturated rings. The lowest BCUT2D eigenvalue weighted by molar-refractivity contribution is -0.151. The SMILES string of the molecule is CC[C@@]12CCC3=C(CCc4c3ccc(OC(C)=O)c4C)C1=CC[C@H]2OC(C)=O. The van der Waals surface area contributed by atoms with Crippen molar-refractivity contribution >= 4 is 17.5 Å². The predicted molar refractivity (Wildman–Crippen MR) is 108 cm³/mol. The Hall–Kier alpha value is -2.36. The van der Waals surface area contributed by atoms with Gasteiger partial charge in [0.15, 0.2) is 0 Å². The van der Waals surface area contributed by atoms with Crippen molar-refractivity contribution in [2.75, 3.05) is 0 Å². The van der Waals surface area contributed by atoms with Crippen LogP contribution in [0.4, 0.5) is 0 Å². The van der Waals surface area contributed by atoms with Gasteiger partial charge in [-0.25, -0.2) is 0 Å². The Bertz CT molecular complexity index is 921. The molecule has 0 spiro atoms. The molecule has 3 aliphatic carbocycles. The summed E-state index contributed by atoms with van der Waals surface area (Å²) in [6.45, 7) is 7.22. The van der Waals surface area contributed by atoms with Gasteiger partial charge in [0.05, 0.1) is 0 Å². The molecule has 4 nitrogen and oxygen atoms in total. The Labute approximate surface area is 166 Å². The average Bonchev–Trinajstić information content (AvgIpc) is 3.01.